The van der Waals surface area contributed by atoms with E-state index >= 15 is 0 Å². The molecule has 0 fully saturated rings. The predicted molar refractivity (Wildman–Crippen MR) is 32.9 cm³/mol. The van der Waals surface area contributed by atoms with E-state index in [9.17, 15) is 0 Å². The monoisotopic (exact) mass is 112 g/mol. The van der Waals surface area contributed by atoms with Crippen molar-refractivity contribution in [3.8, 4) is 0 Å². The van der Waals surface area contributed by atoms with Crippen LogP contribution >= 0.6 is 0 Å². The van der Waals surface area contributed by atoms with Gasteiger partial charge in [-0.25, -0.2) is 0 Å². The van der Waals surface area contributed by atoms with Crippen LogP contribution in [0.25, 0.3) is 0 Å². The lowest BCUT2D eigenvalue weighted by atomic mass is 9.99. The van der Waals surface area contributed by atoms with Crippen LogP contribution in [0.2, 0.25) is 0 Å². The fourth-order valence-corrected chi connectivity index (χ4v) is 0.824. The Hall–Kier alpha value is -0.400. The smallest absolute Gasteiger partial charge is 0.0726 e. The van der Waals surface area contributed by atoms with Gasteiger partial charge in [0.2, 0.25) is 0 Å². The summed E-state index contributed by atoms with van der Waals surface area (Å²) in [6, 6.07) is 0.898. The number of hydrogen-bond donors (Lipinski definition) is 0. The molecule has 2 unspecified atom stereocenters. The van der Waals surface area contributed by atoms with E-state index in [-0.39, 0.29) is 0 Å². The lowest BCUT2D eigenvalue weighted by Crippen LogP contribution is -2.14. The molecular weight excluding hydrogens is 100 g/mol. The minimum absolute atomic E-state index is 0.449. The molecule has 1 heterocycles. The van der Waals surface area contributed by atoms with E-state index in [4.69, 9.17) is 0 Å². The van der Waals surface area contributed by atoms with Gasteiger partial charge in [0.15, 0.2) is 0 Å². The third kappa shape index (κ3) is 0.746. The average molecular weight is 112 g/mol. The van der Waals surface area contributed by atoms with E-state index < -0.39 is 0 Å². The zero-order valence-corrected chi connectivity index (χ0v) is 5.63. The van der Waals surface area contributed by atoms with Gasteiger partial charge < -0.3 is 0 Å². The topological polar surface area (TPSA) is 24.7 Å². The Balaban J connectivity index is 2.55. The van der Waals surface area contributed by atoms with Crippen LogP contribution in [0.15, 0.2) is 10.2 Å². The molecule has 2 nitrogen and oxygen atoms in total. The second-order valence-electron chi connectivity index (χ2n) is 2.57. The first-order valence-electron chi connectivity index (χ1n) is 3.12. The van der Waals surface area contributed by atoms with Crippen molar-refractivity contribution < 1.29 is 0 Å². The molecule has 2 heteroatoms. The summed E-state index contributed by atoms with van der Waals surface area (Å²) in [5, 5.41) is 8.05. The fourth-order valence-electron chi connectivity index (χ4n) is 0.824. The Labute approximate surface area is 50.0 Å². The van der Waals surface area contributed by atoms with Gasteiger partial charge in [0.25, 0.3) is 0 Å². The molecule has 0 saturated carbocycles. The summed E-state index contributed by atoms with van der Waals surface area (Å²) in [6.45, 7) is 6.41. The van der Waals surface area contributed by atoms with Gasteiger partial charge >= 0.3 is 0 Å². The van der Waals surface area contributed by atoms with E-state index in [1.807, 2.05) is 0 Å². The number of nitrogens with zero attached hydrogens (tertiary/aromatic N) is 2. The molecule has 0 spiro atoms. The number of hydrogen-bond acceptors (Lipinski definition) is 2. The molecule has 46 valence electrons. The van der Waals surface area contributed by atoms with Crippen molar-refractivity contribution in [1.29, 1.82) is 0 Å². The maximum Gasteiger partial charge on any atom is 0.0726 e. The Morgan fingerprint density at radius 1 is 0.875 bits per heavy atom. The molecule has 1 aliphatic heterocycles. The van der Waals surface area contributed by atoms with Crippen molar-refractivity contribution >= 4 is 0 Å². The standard InChI is InChI=1S/C6H12N2/c1-4-5(2)7-8-6(4)3/h4-6H,1-3H3. The summed E-state index contributed by atoms with van der Waals surface area (Å²) in [7, 11) is 0. The molecule has 0 aromatic heterocycles. The molecule has 8 heavy (non-hydrogen) atoms. The summed E-state index contributed by atoms with van der Waals surface area (Å²) >= 11 is 0. The van der Waals surface area contributed by atoms with Crippen LogP contribution in [0, 0.1) is 5.92 Å². The lowest BCUT2D eigenvalue weighted by molar-refractivity contribution is 0.485. The second-order valence-corrected chi connectivity index (χ2v) is 2.57. The van der Waals surface area contributed by atoms with E-state index in [2.05, 4.69) is 31.0 Å². The van der Waals surface area contributed by atoms with Gasteiger partial charge in [-0.05, 0) is 13.8 Å². The minimum Gasteiger partial charge on any atom is -0.190 e. The largest absolute Gasteiger partial charge is 0.190 e. The summed E-state index contributed by atoms with van der Waals surface area (Å²) in [5.41, 5.74) is 0. The summed E-state index contributed by atoms with van der Waals surface area (Å²) in [5.74, 6) is 0.648. The molecule has 0 aromatic rings. The van der Waals surface area contributed by atoms with Crippen LogP contribution in [-0.4, -0.2) is 12.1 Å². The van der Waals surface area contributed by atoms with Crippen LogP contribution in [0.4, 0.5) is 0 Å². The molecule has 0 bridgehead atoms. The van der Waals surface area contributed by atoms with Gasteiger partial charge in [-0.1, -0.05) is 6.92 Å². The maximum absolute atomic E-state index is 4.02. The second kappa shape index (κ2) is 1.84. The van der Waals surface area contributed by atoms with Gasteiger partial charge in [-0.15, -0.1) is 0 Å². The molecule has 2 atom stereocenters. The van der Waals surface area contributed by atoms with E-state index in [0.29, 0.717) is 18.0 Å². The first kappa shape index (κ1) is 5.73. The Bertz CT molecular complexity index is 97.1. The van der Waals surface area contributed by atoms with Gasteiger partial charge in [0.1, 0.15) is 0 Å². The highest BCUT2D eigenvalue weighted by Crippen LogP contribution is 2.21. The van der Waals surface area contributed by atoms with Crippen molar-refractivity contribution in [1.82, 2.24) is 0 Å². The van der Waals surface area contributed by atoms with Crippen LogP contribution in [0.1, 0.15) is 20.8 Å². The van der Waals surface area contributed by atoms with Gasteiger partial charge in [-0.3, -0.25) is 0 Å². The van der Waals surface area contributed by atoms with Crippen LogP contribution in [-0.2, 0) is 0 Å². The maximum atomic E-state index is 4.02. The van der Waals surface area contributed by atoms with E-state index in [0.717, 1.165) is 0 Å². The fraction of sp³-hybridized carbons (Fsp3) is 1.00. The molecule has 0 saturated heterocycles. The van der Waals surface area contributed by atoms with Crippen molar-refractivity contribution in [2.75, 3.05) is 0 Å². The van der Waals surface area contributed by atoms with Gasteiger partial charge in [0.05, 0.1) is 12.1 Å². The van der Waals surface area contributed by atoms with E-state index in [1.165, 1.54) is 0 Å². The SMILES string of the molecule is CC1N=NC(C)C1C. The molecule has 0 aromatic carbocycles. The molecule has 1 rings (SSSR count). The van der Waals surface area contributed by atoms with Crippen molar-refractivity contribution in [3.05, 3.63) is 0 Å². The summed E-state index contributed by atoms with van der Waals surface area (Å²) in [4.78, 5) is 0. The zero-order valence-electron chi connectivity index (χ0n) is 5.63. The molecule has 0 amide bonds. The lowest BCUT2D eigenvalue weighted by Gasteiger charge is -2.07. The molecule has 0 N–H and O–H groups in total. The number of rotatable bonds is 0. The minimum atomic E-state index is 0.449. The Morgan fingerprint density at radius 3 is 1.38 bits per heavy atom. The van der Waals surface area contributed by atoms with Crippen molar-refractivity contribution in [2.45, 2.75) is 32.9 Å². The molecule has 0 radical (unpaired) electrons. The van der Waals surface area contributed by atoms with Crippen LogP contribution < -0.4 is 0 Å². The summed E-state index contributed by atoms with van der Waals surface area (Å²) < 4.78 is 0. The Morgan fingerprint density at radius 2 is 1.25 bits per heavy atom. The number of azo groups is 1. The highest BCUT2D eigenvalue weighted by molar-refractivity contribution is 4.80. The highest BCUT2D eigenvalue weighted by atomic mass is 15.2. The summed E-state index contributed by atoms with van der Waals surface area (Å²) in [6.07, 6.45) is 0. The van der Waals surface area contributed by atoms with Crippen LogP contribution in [0.3, 0.4) is 0 Å². The quantitative estimate of drug-likeness (QED) is 0.457. The van der Waals surface area contributed by atoms with Crippen LogP contribution in [0.5, 0.6) is 0 Å². The zero-order chi connectivity index (χ0) is 6.15. The molecule has 1 aliphatic rings. The van der Waals surface area contributed by atoms with Crippen molar-refractivity contribution in [3.63, 3.8) is 0 Å². The van der Waals surface area contributed by atoms with Crippen molar-refractivity contribution in [2.24, 2.45) is 16.1 Å². The molecule has 0 aliphatic carbocycles. The van der Waals surface area contributed by atoms with E-state index in [1.54, 1.807) is 0 Å². The first-order chi connectivity index (χ1) is 3.72. The Kier molecular flexibility index (Phi) is 1.32. The first-order valence-corrected chi connectivity index (χ1v) is 3.12. The highest BCUT2D eigenvalue weighted by Gasteiger charge is 2.23. The third-order valence-corrected chi connectivity index (χ3v) is 1.95. The molecular formula is C6H12N2. The van der Waals surface area contributed by atoms with Gasteiger partial charge in [0, 0.05) is 5.92 Å². The average Bonchev–Trinajstić information content (AvgIpc) is 1.98. The normalized spacial score (nSPS) is 45.6. The third-order valence-electron chi connectivity index (χ3n) is 1.95. The predicted octanol–water partition coefficient (Wildman–Crippen LogP) is 1.87. The van der Waals surface area contributed by atoms with Gasteiger partial charge in [-0.2, -0.15) is 10.2 Å².